The summed E-state index contributed by atoms with van der Waals surface area (Å²) in [7, 11) is -4.68. The Hall–Kier alpha value is -5.62. The van der Waals surface area contributed by atoms with Crippen LogP contribution in [0.2, 0.25) is 0 Å². The number of sulfonamides is 1. The van der Waals surface area contributed by atoms with Crippen LogP contribution in [0, 0.1) is 21.4 Å². The number of rotatable bonds is 13. The number of aliphatic hydroxyl groups is 1. The van der Waals surface area contributed by atoms with Crippen molar-refractivity contribution < 1.29 is 32.7 Å². The van der Waals surface area contributed by atoms with Gasteiger partial charge in [0.05, 0.1) is 36.6 Å². The average molecular weight is 907 g/mol. The molecule has 5 aromatic rings. The summed E-state index contributed by atoms with van der Waals surface area (Å²) in [6, 6.07) is 20.7. The first-order valence-electron chi connectivity index (χ1n) is 22.8. The zero-order chi connectivity index (χ0) is 45.5. The van der Waals surface area contributed by atoms with Crippen molar-refractivity contribution in [2.45, 2.75) is 101 Å². The van der Waals surface area contributed by atoms with Crippen molar-refractivity contribution in [2.24, 2.45) is 11.3 Å². The number of aromatic amines is 1. The summed E-state index contributed by atoms with van der Waals surface area (Å²) >= 11 is 0. The minimum Gasteiger partial charge on any atom is -0.455 e. The van der Waals surface area contributed by atoms with Crippen LogP contribution in [0.3, 0.4) is 0 Å². The summed E-state index contributed by atoms with van der Waals surface area (Å²) in [5, 5.41) is 25.6. The van der Waals surface area contributed by atoms with E-state index in [1.165, 1.54) is 23.4 Å². The van der Waals surface area contributed by atoms with E-state index in [9.17, 15) is 28.4 Å². The van der Waals surface area contributed by atoms with Gasteiger partial charge in [-0.3, -0.25) is 9.69 Å². The van der Waals surface area contributed by atoms with E-state index in [-0.39, 0.29) is 34.4 Å². The van der Waals surface area contributed by atoms with Gasteiger partial charge in [0, 0.05) is 61.6 Å². The van der Waals surface area contributed by atoms with Crippen LogP contribution >= 0.6 is 0 Å². The molecule has 2 aliphatic heterocycles. The molecule has 2 saturated carbocycles. The van der Waals surface area contributed by atoms with Crippen molar-refractivity contribution in [3.63, 3.8) is 0 Å². The molecule has 1 spiro atoms. The van der Waals surface area contributed by atoms with E-state index >= 15 is 0 Å². The molecule has 5 heterocycles. The molecule has 4 aliphatic rings. The number of hydrogen-bond donors (Lipinski definition) is 4. The molecule has 1 atom stereocenters. The van der Waals surface area contributed by atoms with E-state index in [2.05, 4.69) is 72.9 Å². The second-order valence-electron chi connectivity index (χ2n) is 19.1. The number of ether oxygens (including phenoxy) is 2. The normalized spacial score (nSPS) is 22.8. The number of nitrogens with one attached hydrogen (secondary N) is 3. The highest BCUT2D eigenvalue weighted by molar-refractivity contribution is 7.90. The number of piperidine rings is 1. The molecule has 0 unspecified atom stereocenters. The van der Waals surface area contributed by atoms with Crippen LogP contribution in [-0.2, 0) is 14.8 Å². The van der Waals surface area contributed by atoms with Crippen LogP contribution in [0.25, 0.3) is 11.0 Å². The molecule has 16 nitrogen and oxygen atoms in total. The molecule has 2 aromatic carbocycles. The number of pyridine rings is 2. The van der Waals surface area contributed by atoms with Crippen LogP contribution < -0.4 is 19.7 Å². The van der Waals surface area contributed by atoms with Crippen molar-refractivity contribution in [3.8, 4) is 11.5 Å². The molecule has 4 N–H and O–H groups in total. The van der Waals surface area contributed by atoms with Crippen LogP contribution in [-0.4, -0.2) is 95.2 Å². The number of morpholine rings is 1. The van der Waals surface area contributed by atoms with E-state index in [0.29, 0.717) is 49.3 Å². The number of nitrogens with zero attached hydrogens (tertiary/aromatic N) is 5. The van der Waals surface area contributed by atoms with E-state index in [1.54, 1.807) is 37.4 Å². The fourth-order valence-corrected chi connectivity index (χ4v) is 11.3. The number of fused-ring (bicyclic) bond motifs is 1. The highest BCUT2D eigenvalue weighted by atomic mass is 32.2. The molecule has 9 rings (SSSR count). The zero-order valence-electron chi connectivity index (χ0n) is 37.2. The van der Waals surface area contributed by atoms with Gasteiger partial charge in [-0.1, -0.05) is 38.1 Å². The molecule has 3 aromatic heterocycles. The van der Waals surface area contributed by atoms with Crippen molar-refractivity contribution in [2.75, 3.05) is 49.6 Å². The Morgan fingerprint density at radius 3 is 2.57 bits per heavy atom. The molecule has 4 fully saturated rings. The van der Waals surface area contributed by atoms with E-state index in [4.69, 9.17) is 9.47 Å². The molecule has 0 bridgehead atoms. The predicted molar refractivity (Wildman–Crippen MR) is 247 cm³/mol. The zero-order valence-corrected chi connectivity index (χ0v) is 38.0. The second kappa shape index (κ2) is 18.0. The Morgan fingerprint density at radius 1 is 1.05 bits per heavy atom. The number of anilines is 2. The molecular formula is C48H58N8O8S. The van der Waals surface area contributed by atoms with Gasteiger partial charge in [0.15, 0.2) is 0 Å². The van der Waals surface area contributed by atoms with Gasteiger partial charge >= 0.3 is 15.8 Å². The number of carbonyl (C=O) groups is 1. The minimum atomic E-state index is -4.68. The summed E-state index contributed by atoms with van der Waals surface area (Å²) in [5.41, 5.74) is 3.79. The lowest BCUT2D eigenvalue weighted by Gasteiger charge is -2.57. The number of amides is 1. The number of benzene rings is 2. The Labute approximate surface area is 379 Å². The Kier molecular flexibility index (Phi) is 12.3. The maximum absolute atomic E-state index is 14.0. The lowest BCUT2D eigenvalue weighted by atomic mass is 9.59. The average Bonchev–Trinajstić information content (AvgIpc) is 3.76. The number of H-pyrrole nitrogens is 1. The Balaban J connectivity index is 0.898. The Bertz CT molecular complexity index is 2660. The maximum atomic E-state index is 14.0. The lowest BCUT2D eigenvalue weighted by molar-refractivity contribution is -0.389. The van der Waals surface area contributed by atoms with Crippen LogP contribution in [0.4, 0.5) is 17.2 Å². The Morgan fingerprint density at radius 2 is 1.82 bits per heavy atom. The van der Waals surface area contributed by atoms with E-state index in [0.717, 1.165) is 81.9 Å². The minimum absolute atomic E-state index is 0.0554. The van der Waals surface area contributed by atoms with E-state index < -0.39 is 37.3 Å². The molecule has 2 saturated heterocycles. The summed E-state index contributed by atoms with van der Waals surface area (Å²) in [6.45, 7) is 10.7. The largest absolute Gasteiger partial charge is 0.455 e. The van der Waals surface area contributed by atoms with Gasteiger partial charge in [0.25, 0.3) is 10.9 Å². The molecule has 2 aliphatic carbocycles. The summed E-state index contributed by atoms with van der Waals surface area (Å²) < 4.78 is 41.8. The molecular weight excluding hydrogens is 849 g/mol. The quantitative estimate of drug-likeness (QED) is 0.0653. The monoisotopic (exact) mass is 906 g/mol. The van der Waals surface area contributed by atoms with Gasteiger partial charge in [0.2, 0.25) is 0 Å². The van der Waals surface area contributed by atoms with Gasteiger partial charge < -0.3 is 39.9 Å². The standard InChI is InChI=1S/C48H58N8O8S/c1-31(2)37-6-4-5-7-38(37)41-30-63-23-22-55(41)35-26-48(27-35)17-20-54(21-18-48)34-8-9-39(42(25-34)64-36-24-33-14-19-49-44(33)51-29-36)46(57)53-65(61,62)43-11-10-40(45(52-43)56(59)60)50-28-32-12-15-47(3,58)16-13-32/h4-11,14,19,24-25,29,31-32,35,41,50,58H,12-13,15-18,20-23,26-28,30H2,1-3H3,(H,49,51)(H,53,57)/t32?,41-,47?/m0/s1. The van der Waals surface area contributed by atoms with E-state index in [1.807, 2.05) is 6.07 Å². The van der Waals surface area contributed by atoms with Gasteiger partial charge in [-0.2, -0.15) is 8.42 Å². The first-order valence-corrected chi connectivity index (χ1v) is 24.3. The van der Waals surface area contributed by atoms with Crippen molar-refractivity contribution in [1.82, 2.24) is 24.6 Å². The number of aromatic nitrogens is 3. The molecule has 17 heteroatoms. The van der Waals surface area contributed by atoms with Crippen LogP contribution in [0.15, 0.2) is 84.1 Å². The topological polar surface area (TPSA) is 205 Å². The van der Waals surface area contributed by atoms with Gasteiger partial charge in [-0.25, -0.2) is 9.71 Å². The third kappa shape index (κ3) is 9.55. The molecule has 1 amide bonds. The van der Waals surface area contributed by atoms with Crippen molar-refractivity contribution >= 4 is 44.2 Å². The SMILES string of the molecule is CC(C)c1ccccc1[C@@H]1COCCN1C1CC2(CCN(c3ccc(C(=O)NS(=O)(=O)c4ccc(NCC5CCC(C)(O)CC5)c([N+](=O)[O-])n4)c(Oc4cnc5[nH]ccc5c4)c3)CC2)C1. The second-order valence-corrected chi connectivity index (χ2v) is 20.7. The van der Waals surface area contributed by atoms with Gasteiger partial charge in [-0.05, 0) is 127 Å². The fraction of sp³-hybridized carbons (Fsp3) is 0.479. The number of hydrogen-bond acceptors (Lipinski definition) is 13. The van der Waals surface area contributed by atoms with Crippen LogP contribution in [0.5, 0.6) is 11.5 Å². The third-order valence-electron chi connectivity index (χ3n) is 14.2. The van der Waals surface area contributed by atoms with Gasteiger partial charge in [-0.15, -0.1) is 0 Å². The van der Waals surface area contributed by atoms with Gasteiger partial charge in [0.1, 0.15) is 22.8 Å². The highest BCUT2D eigenvalue weighted by Gasteiger charge is 2.50. The third-order valence-corrected chi connectivity index (χ3v) is 15.5. The summed E-state index contributed by atoms with van der Waals surface area (Å²) in [4.78, 5) is 41.6. The number of nitro groups is 1. The first kappa shape index (κ1) is 44.6. The van der Waals surface area contributed by atoms with Crippen molar-refractivity contribution in [3.05, 3.63) is 106 Å². The molecule has 0 radical (unpaired) electrons. The first-order chi connectivity index (χ1) is 31.2. The smallest absolute Gasteiger partial charge is 0.388 e. The molecule has 65 heavy (non-hydrogen) atoms. The maximum Gasteiger partial charge on any atom is 0.388 e. The lowest BCUT2D eigenvalue weighted by Crippen LogP contribution is -2.58. The summed E-state index contributed by atoms with van der Waals surface area (Å²) in [6.07, 6.45) is 10.3. The molecule has 344 valence electrons. The predicted octanol–water partition coefficient (Wildman–Crippen LogP) is 8.08. The highest BCUT2D eigenvalue weighted by Crippen LogP contribution is 2.53. The summed E-state index contributed by atoms with van der Waals surface area (Å²) in [5.74, 6) is -0.586. The van der Waals surface area contributed by atoms with Crippen molar-refractivity contribution in [1.29, 1.82) is 0 Å². The number of carbonyl (C=O) groups excluding carboxylic acids is 1. The van der Waals surface area contributed by atoms with Crippen LogP contribution in [0.1, 0.15) is 106 Å². The fourth-order valence-electron chi connectivity index (χ4n) is 10.4.